The topological polar surface area (TPSA) is 39.7 Å². The molecule has 0 radical (unpaired) electrons. The summed E-state index contributed by atoms with van der Waals surface area (Å²) in [6.45, 7) is 4.81. The van der Waals surface area contributed by atoms with E-state index in [1.54, 1.807) is 7.11 Å². The Hall–Kier alpha value is -1.26. The highest BCUT2D eigenvalue weighted by molar-refractivity contribution is 5.47. The molecule has 0 saturated heterocycles. The van der Waals surface area contributed by atoms with E-state index < -0.39 is 0 Å². The Labute approximate surface area is 102 Å². The van der Waals surface area contributed by atoms with E-state index in [-0.39, 0.29) is 0 Å². The van der Waals surface area contributed by atoms with Gasteiger partial charge in [-0.05, 0) is 13.0 Å². The number of fused-ring (bicyclic) bond motifs is 1. The third-order valence-corrected chi connectivity index (χ3v) is 2.71. The summed E-state index contributed by atoms with van der Waals surface area (Å²) in [6.07, 6.45) is 0. The molecular formula is C13H19NO3. The van der Waals surface area contributed by atoms with Crippen molar-refractivity contribution in [1.29, 1.82) is 0 Å². The summed E-state index contributed by atoms with van der Waals surface area (Å²) < 4.78 is 16.3. The molecule has 1 N–H and O–H groups in total. The monoisotopic (exact) mass is 237 g/mol. The summed E-state index contributed by atoms with van der Waals surface area (Å²) in [5, 5.41) is 3.39. The van der Waals surface area contributed by atoms with Crippen LogP contribution in [0.4, 0.5) is 0 Å². The molecule has 0 bridgehead atoms. The number of methoxy groups -OCH3 is 1. The van der Waals surface area contributed by atoms with E-state index >= 15 is 0 Å². The lowest BCUT2D eigenvalue weighted by Crippen LogP contribution is -2.30. The Morgan fingerprint density at radius 2 is 2.18 bits per heavy atom. The van der Waals surface area contributed by atoms with E-state index in [1.165, 1.54) is 0 Å². The van der Waals surface area contributed by atoms with Gasteiger partial charge in [-0.2, -0.15) is 0 Å². The van der Waals surface area contributed by atoms with Crippen molar-refractivity contribution in [2.24, 2.45) is 0 Å². The van der Waals surface area contributed by atoms with Crippen molar-refractivity contribution < 1.29 is 14.2 Å². The first kappa shape index (κ1) is 12.2. The van der Waals surface area contributed by atoms with Crippen molar-refractivity contribution >= 4 is 0 Å². The first-order chi connectivity index (χ1) is 8.31. The molecule has 1 heterocycles. The summed E-state index contributed by atoms with van der Waals surface area (Å²) in [5.41, 5.74) is 1.13. The van der Waals surface area contributed by atoms with Gasteiger partial charge >= 0.3 is 0 Å². The fraction of sp³-hybridized carbons (Fsp3) is 0.538. The Morgan fingerprint density at radius 1 is 1.35 bits per heavy atom. The minimum atomic E-state index is 0.320. The maximum Gasteiger partial charge on any atom is 0.165 e. The second-order valence-corrected chi connectivity index (χ2v) is 4.18. The molecule has 0 saturated carbocycles. The zero-order chi connectivity index (χ0) is 12.1. The molecule has 94 valence electrons. The van der Waals surface area contributed by atoms with Crippen LogP contribution in [0.2, 0.25) is 0 Å². The maximum atomic E-state index is 5.65. The van der Waals surface area contributed by atoms with Gasteiger partial charge in [-0.15, -0.1) is 0 Å². The molecule has 17 heavy (non-hydrogen) atoms. The number of para-hydroxylation sites is 1. The number of ether oxygens (including phenoxy) is 3. The predicted molar refractivity (Wildman–Crippen MR) is 65.6 cm³/mol. The van der Waals surface area contributed by atoms with Gasteiger partial charge in [0.25, 0.3) is 0 Å². The molecule has 1 aliphatic heterocycles. The van der Waals surface area contributed by atoms with Gasteiger partial charge in [0, 0.05) is 25.3 Å². The molecule has 1 aromatic rings. The normalized spacial score (nSPS) is 15.6. The molecule has 0 amide bonds. The molecule has 0 aromatic heterocycles. The van der Waals surface area contributed by atoms with Gasteiger partial charge in [0.1, 0.15) is 13.2 Å². The van der Waals surface area contributed by atoms with Crippen LogP contribution in [0.25, 0.3) is 0 Å². The molecule has 0 spiro atoms. The van der Waals surface area contributed by atoms with Gasteiger partial charge < -0.3 is 19.5 Å². The number of hydrogen-bond acceptors (Lipinski definition) is 4. The molecule has 0 fully saturated rings. The summed E-state index contributed by atoms with van der Waals surface area (Å²) >= 11 is 0. The fourth-order valence-electron chi connectivity index (χ4n) is 1.87. The minimum absolute atomic E-state index is 0.320. The Balaban J connectivity index is 2.01. The molecule has 4 nitrogen and oxygen atoms in total. The van der Waals surface area contributed by atoms with Crippen LogP contribution >= 0.6 is 0 Å². The van der Waals surface area contributed by atoms with Crippen molar-refractivity contribution in [2.75, 3.05) is 26.9 Å². The maximum absolute atomic E-state index is 5.65. The first-order valence-electron chi connectivity index (χ1n) is 5.91. The van der Waals surface area contributed by atoms with Crippen LogP contribution < -0.4 is 14.8 Å². The molecule has 2 rings (SSSR count). The zero-order valence-corrected chi connectivity index (χ0v) is 10.4. The lowest BCUT2D eigenvalue weighted by molar-refractivity contribution is 0.165. The standard InChI is InChI=1S/C13H19NO3/c1-10(9-15-2)14-8-11-4-3-5-12-13(11)17-7-6-16-12/h3-5,10,14H,6-9H2,1-2H3. The minimum Gasteiger partial charge on any atom is -0.486 e. The Kier molecular flexibility index (Phi) is 4.23. The van der Waals surface area contributed by atoms with Gasteiger partial charge in [-0.1, -0.05) is 12.1 Å². The quantitative estimate of drug-likeness (QED) is 0.844. The molecule has 1 aliphatic rings. The van der Waals surface area contributed by atoms with E-state index in [4.69, 9.17) is 14.2 Å². The molecule has 1 aromatic carbocycles. The molecule has 4 heteroatoms. The fourth-order valence-corrected chi connectivity index (χ4v) is 1.87. The van der Waals surface area contributed by atoms with Gasteiger partial charge in [-0.25, -0.2) is 0 Å². The van der Waals surface area contributed by atoms with E-state index in [1.807, 2.05) is 12.1 Å². The third kappa shape index (κ3) is 3.11. The van der Waals surface area contributed by atoms with E-state index in [9.17, 15) is 0 Å². The smallest absolute Gasteiger partial charge is 0.165 e. The third-order valence-electron chi connectivity index (χ3n) is 2.71. The molecule has 0 aliphatic carbocycles. The van der Waals surface area contributed by atoms with Crippen molar-refractivity contribution in [1.82, 2.24) is 5.32 Å². The van der Waals surface area contributed by atoms with Gasteiger partial charge in [0.15, 0.2) is 11.5 Å². The summed E-state index contributed by atoms with van der Waals surface area (Å²) in [6, 6.07) is 6.31. The van der Waals surface area contributed by atoms with Crippen LogP contribution in [0.3, 0.4) is 0 Å². The number of rotatable bonds is 5. The van der Waals surface area contributed by atoms with Crippen molar-refractivity contribution in [2.45, 2.75) is 19.5 Å². The number of nitrogens with one attached hydrogen (secondary N) is 1. The van der Waals surface area contributed by atoms with E-state index in [0.29, 0.717) is 25.9 Å². The largest absolute Gasteiger partial charge is 0.486 e. The first-order valence-corrected chi connectivity index (χ1v) is 5.91. The van der Waals surface area contributed by atoms with Crippen molar-refractivity contribution in [3.8, 4) is 11.5 Å². The van der Waals surface area contributed by atoms with Crippen LogP contribution in [0.5, 0.6) is 11.5 Å². The van der Waals surface area contributed by atoms with E-state index in [2.05, 4.69) is 18.3 Å². The van der Waals surface area contributed by atoms with Crippen LogP contribution in [-0.4, -0.2) is 33.0 Å². The average molecular weight is 237 g/mol. The molecular weight excluding hydrogens is 218 g/mol. The van der Waals surface area contributed by atoms with Gasteiger partial charge in [-0.3, -0.25) is 0 Å². The number of benzene rings is 1. The second kappa shape index (κ2) is 5.89. The highest BCUT2D eigenvalue weighted by atomic mass is 16.6. The lowest BCUT2D eigenvalue weighted by Gasteiger charge is -2.22. The predicted octanol–water partition coefficient (Wildman–Crippen LogP) is 1.58. The Morgan fingerprint density at radius 3 is 3.00 bits per heavy atom. The SMILES string of the molecule is COCC(C)NCc1cccc2c1OCCO2. The zero-order valence-electron chi connectivity index (χ0n) is 10.4. The summed E-state index contributed by atoms with van der Waals surface area (Å²) in [5.74, 6) is 1.71. The van der Waals surface area contributed by atoms with Crippen LogP contribution in [0.1, 0.15) is 12.5 Å². The highest BCUT2D eigenvalue weighted by Crippen LogP contribution is 2.33. The lowest BCUT2D eigenvalue weighted by atomic mass is 10.1. The van der Waals surface area contributed by atoms with Crippen molar-refractivity contribution in [3.63, 3.8) is 0 Å². The summed E-state index contributed by atoms with van der Waals surface area (Å²) in [4.78, 5) is 0. The van der Waals surface area contributed by atoms with Crippen LogP contribution in [-0.2, 0) is 11.3 Å². The van der Waals surface area contributed by atoms with Crippen LogP contribution in [0.15, 0.2) is 18.2 Å². The van der Waals surface area contributed by atoms with E-state index in [0.717, 1.165) is 23.6 Å². The van der Waals surface area contributed by atoms with Gasteiger partial charge in [0.05, 0.1) is 6.61 Å². The molecule has 1 unspecified atom stereocenters. The van der Waals surface area contributed by atoms with Crippen LogP contribution in [0, 0.1) is 0 Å². The van der Waals surface area contributed by atoms with Crippen molar-refractivity contribution in [3.05, 3.63) is 23.8 Å². The molecule has 1 atom stereocenters. The Bertz CT molecular complexity index is 368. The second-order valence-electron chi connectivity index (χ2n) is 4.18. The summed E-state index contributed by atoms with van der Waals surface area (Å²) in [7, 11) is 1.71. The average Bonchev–Trinajstić information content (AvgIpc) is 2.36. The van der Waals surface area contributed by atoms with Gasteiger partial charge in [0.2, 0.25) is 0 Å². The highest BCUT2D eigenvalue weighted by Gasteiger charge is 2.15. The number of hydrogen-bond donors (Lipinski definition) is 1.